The van der Waals surface area contributed by atoms with E-state index in [-0.39, 0.29) is 17.7 Å². The van der Waals surface area contributed by atoms with Gasteiger partial charge in [0.2, 0.25) is 11.8 Å². The van der Waals surface area contributed by atoms with Crippen molar-refractivity contribution in [3.63, 3.8) is 0 Å². The highest BCUT2D eigenvalue weighted by Crippen LogP contribution is 2.33. The van der Waals surface area contributed by atoms with Crippen molar-refractivity contribution in [2.24, 2.45) is 0 Å². The molecule has 2 aromatic rings. The summed E-state index contributed by atoms with van der Waals surface area (Å²) in [5.41, 5.74) is 0.706. The van der Waals surface area contributed by atoms with Gasteiger partial charge in [0.05, 0.1) is 12.1 Å². The van der Waals surface area contributed by atoms with Gasteiger partial charge in [-0.2, -0.15) is 0 Å². The minimum absolute atomic E-state index is 0.251. The maximum absolute atomic E-state index is 13.3. The third-order valence-electron chi connectivity index (χ3n) is 6.17. The molecule has 0 radical (unpaired) electrons. The lowest BCUT2D eigenvalue weighted by Gasteiger charge is -2.41. The standard InChI is InChI=1S/C23H28N4O4/c1-13(24-3)21(28)26-20-14(2)31-19-12-11-18(27(19)23(20)30)22(29)25-17-10-6-8-15-7-4-5-9-16(15)17/h4-10,13-14,18-20,24H,11-12H2,1-3H3,(H,25,29)(H,26,28)/t13-,14+,18?,19-,20-/m0/s1. The Morgan fingerprint density at radius 3 is 2.65 bits per heavy atom. The third-order valence-corrected chi connectivity index (χ3v) is 6.17. The van der Waals surface area contributed by atoms with Crippen LogP contribution in [0.1, 0.15) is 26.7 Å². The Balaban J connectivity index is 1.52. The van der Waals surface area contributed by atoms with Crippen LogP contribution in [0.25, 0.3) is 10.8 Å². The van der Waals surface area contributed by atoms with Gasteiger partial charge in [0.1, 0.15) is 18.3 Å². The van der Waals surface area contributed by atoms with Crippen LogP contribution in [0.5, 0.6) is 0 Å². The predicted octanol–water partition coefficient (Wildman–Crippen LogP) is 1.61. The molecule has 3 amide bonds. The third kappa shape index (κ3) is 4.00. The summed E-state index contributed by atoms with van der Waals surface area (Å²) in [4.78, 5) is 40.3. The number of benzene rings is 2. The number of hydrogen-bond acceptors (Lipinski definition) is 5. The first kappa shape index (κ1) is 21.3. The Morgan fingerprint density at radius 2 is 1.87 bits per heavy atom. The summed E-state index contributed by atoms with van der Waals surface area (Å²) in [5.74, 6) is -0.819. The van der Waals surface area contributed by atoms with Gasteiger partial charge in [-0.05, 0) is 45.2 Å². The molecule has 2 aromatic carbocycles. The summed E-state index contributed by atoms with van der Waals surface area (Å²) in [7, 11) is 1.68. The summed E-state index contributed by atoms with van der Waals surface area (Å²) in [5, 5.41) is 10.6. The fourth-order valence-electron chi connectivity index (χ4n) is 4.29. The lowest BCUT2D eigenvalue weighted by molar-refractivity contribution is -0.178. The SMILES string of the molecule is CN[C@@H](C)C(=O)N[C@@H]1C(=O)N2C(C(=O)Nc3cccc4ccccc34)CC[C@@H]2O[C@@H]1C. The van der Waals surface area contributed by atoms with E-state index < -0.39 is 30.5 Å². The smallest absolute Gasteiger partial charge is 0.250 e. The highest BCUT2D eigenvalue weighted by atomic mass is 16.5. The molecule has 2 fully saturated rings. The van der Waals surface area contributed by atoms with Crippen molar-refractivity contribution in [1.82, 2.24) is 15.5 Å². The van der Waals surface area contributed by atoms with Crippen molar-refractivity contribution in [3.8, 4) is 0 Å². The Kier molecular flexibility index (Phi) is 5.93. The van der Waals surface area contributed by atoms with Gasteiger partial charge >= 0.3 is 0 Å². The average Bonchev–Trinajstić information content (AvgIpc) is 3.20. The summed E-state index contributed by atoms with van der Waals surface area (Å²) in [6, 6.07) is 11.6. The molecule has 2 aliphatic heterocycles. The monoisotopic (exact) mass is 424 g/mol. The van der Waals surface area contributed by atoms with Gasteiger partial charge in [0, 0.05) is 11.1 Å². The van der Waals surface area contributed by atoms with Crippen LogP contribution in [0.15, 0.2) is 42.5 Å². The molecular weight excluding hydrogens is 396 g/mol. The van der Waals surface area contributed by atoms with Crippen LogP contribution in [0.4, 0.5) is 5.69 Å². The molecule has 31 heavy (non-hydrogen) atoms. The Morgan fingerprint density at radius 1 is 1.13 bits per heavy atom. The van der Waals surface area contributed by atoms with Crippen molar-refractivity contribution >= 4 is 34.2 Å². The number of rotatable bonds is 5. The molecule has 2 saturated heterocycles. The minimum atomic E-state index is -0.828. The maximum Gasteiger partial charge on any atom is 0.250 e. The first-order chi connectivity index (χ1) is 14.9. The van der Waals surface area contributed by atoms with Crippen LogP contribution in [-0.4, -0.2) is 60.1 Å². The molecule has 4 rings (SSSR count). The molecular formula is C23H28N4O4. The van der Waals surface area contributed by atoms with Crippen LogP contribution in [0, 0.1) is 0 Å². The van der Waals surface area contributed by atoms with Crippen LogP contribution >= 0.6 is 0 Å². The number of carbonyl (C=O) groups is 3. The number of amides is 3. The van der Waals surface area contributed by atoms with Crippen molar-refractivity contribution in [2.45, 2.75) is 57.1 Å². The quantitative estimate of drug-likeness (QED) is 0.677. The van der Waals surface area contributed by atoms with E-state index >= 15 is 0 Å². The average molecular weight is 425 g/mol. The second-order valence-corrected chi connectivity index (χ2v) is 8.15. The lowest BCUT2D eigenvalue weighted by atomic mass is 10.1. The Bertz CT molecular complexity index is 1000. The molecule has 0 aromatic heterocycles. The fourth-order valence-corrected chi connectivity index (χ4v) is 4.29. The molecule has 0 spiro atoms. The van der Waals surface area contributed by atoms with E-state index in [0.29, 0.717) is 18.5 Å². The number of hydrogen-bond donors (Lipinski definition) is 3. The zero-order valence-electron chi connectivity index (χ0n) is 17.9. The summed E-state index contributed by atoms with van der Waals surface area (Å²) in [6.07, 6.45) is 0.159. The molecule has 0 saturated carbocycles. The van der Waals surface area contributed by atoms with Crippen LogP contribution in [0.2, 0.25) is 0 Å². The molecule has 2 heterocycles. The van der Waals surface area contributed by atoms with Crippen molar-refractivity contribution in [2.75, 3.05) is 12.4 Å². The number of carbonyl (C=O) groups excluding carboxylic acids is 3. The highest BCUT2D eigenvalue weighted by molar-refractivity contribution is 6.05. The number of ether oxygens (including phenoxy) is 1. The van der Waals surface area contributed by atoms with Gasteiger partial charge in [0.15, 0.2) is 0 Å². The van der Waals surface area contributed by atoms with E-state index in [9.17, 15) is 14.4 Å². The second kappa shape index (κ2) is 8.64. The van der Waals surface area contributed by atoms with Crippen LogP contribution in [-0.2, 0) is 19.1 Å². The number of likely N-dealkylation sites (N-methyl/N-ethyl adjacent to an activating group) is 1. The number of nitrogens with zero attached hydrogens (tertiary/aromatic N) is 1. The van der Waals surface area contributed by atoms with E-state index in [0.717, 1.165) is 10.8 Å². The molecule has 1 unspecified atom stereocenters. The molecule has 164 valence electrons. The summed E-state index contributed by atoms with van der Waals surface area (Å²) in [6.45, 7) is 3.49. The molecule has 3 N–H and O–H groups in total. The Hall–Kier alpha value is -2.97. The number of fused-ring (bicyclic) bond motifs is 2. The first-order valence-corrected chi connectivity index (χ1v) is 10.6. The zero-order valence-corrected chi connectivity index (χ0v) is 17.9. The maximum atomic E-state index is 13.3. The van der Waals surface area contributed by atoms with Crippen molar-refractivity contribution in [3.05, 3.63) is 42.5 Å². The van der Waals surface area contributed by atoms with Gasteiger partial charge in [-0.15, -0.1) is 0 Å². The van der Waals surface area contributed by atoms with Crippen molar-refractivity contribution in [1.29, 1.82) is 0 Å². The number of anilines is 1. The topological polar surface area (TPSA) is 99.8 Å². The summed E-state index contributed by atoms with van der Waals surface area (Å²) >= 11 is 0. The van der Waals surface area contributed by atoms with Gasteiger partial charge < -0.3 is 25.6 Å². The lowest BCUT2D eigenvalue weighted by Crippen LogP contribution is -2.64. The molecule has 0 aliphatic carbocycles. The van der Waals surface area contributed by atoms with Crippen LogP contribution in [0.3, 0.4) is 0 Å². The fraction of sp³-hybridized carbons (Fsp3) is 0.435. The zero-order chi connectivity index (χ0) is 22.1. The molecule has 5 atom stereocenters. The molecule has 8 nitrogen and oxygen atoms in total. The van der Waals surface area contributed by atoms with Gasteiger partial charge in [-0.1, -0.05) is 36.4 Å². The largest absolute Gasteiger partial charge is 0.353 e. The highest BCUT2D eigenvalue weighted by Gasteiger charge is 2.50. The van der Waals surface area contributed by atoms with E-state index in [1.807, 2.05) is 42.5 Å². The Labute approximate surface area is 181 Å². The van der Waals surface area contributed by atoms with Crippen molar-refractivity contribution < 1.29 is 19.1 Å². The van der Waals surface area contributed by atoms with Gasteiger partial charge in [-0.3, -0.25) is 14.4 Å². The van der Waals surface area contributed by atoms with E-state index in [1.54, 1.807) is 20.9 Å². The minimum Gasteiger partial charge on any atom is -0.353 e. The second-order valence-electron chi connectivity index (χ2n) is 8.15. The van der Waals surface area contributed by atoms with Gasteiger partial charge in [-0.25, -0.2) is 0 Å². The first-order valence-electron chi connectivity index (χ1n) is 10.6. The normalized spacial score (nSPS) is 26.4. The molecule has 0 bridgehead atoms. The van der Waals surface area contributed by atoms with E-state index in [2.05, 4.69) is 16.0 Å². The van der Waals surface area contributed by atoms with E-state index in [4.69, 9.17) is 4.74 Å². The molecule has 8 heteroatoms. The van der Waals surface area contributed by atoms with Crippen LogP contribution < -0.4 is 16.0 Å². The van der Waals surface area contributed by atoms with E-state index in [1.165, 1.54) is 4.90 Å². The predicted molar refractivity (Wildman–Crippen MR) is 117 cm³/mol. The van der Waals surface area contributed by atoms with Gasteiger partial charge in [0.25, 0.3) is 5.91 Å². The number of nitrogens with one attached hydrogen (secondary N) is 3. The summed E-state index contributed by atoms with van der Waals surface area (Å²) < 4.78 is 6.00. The molecule has 2 aliphatic rings.